The van der Waals surface area contributed by atoms with Crippen LogP contribution in [0.25, 0.3) is 16.8 Å². The smallest absolute Gasteiger partial charge is 0.107 e. The summed E-state index contributed by atoms with van der Waals surface area (Å²) in [6.45, 7) is 4.33. The van der Waals surface area contributed by atoms with E-state index in [2.05, 4.69) is 30.1 Å². The molecule has 1 aliphatic rings. The van der Waals surface area contributed by atoms with E-state index in [0.29, 0.717) is 6.54 Å². The first-order chi connectivity index (χ1) is 9.29. The Morgan fingerprint density at radius 2 is 2.00 bits per heavy atom. The Morgan fingerprint density at radius 3 is 2.74 bits per heavy atom. The standard InChI is InChI=1S/C16H15NOS/c1-2-9-17-16-8-7-14-10-12-5-3-4-6-13(12)11-15(14)19(16)18/h2-8,10-11,16-17H,1,9H2. The van der Waals surface area contributed by atoms with Gasteiger partial charge < -0.3 is 0 Å². The molecule has 0 radical (unpaired) electrons. The van der Waals surface area contributed by atoms with Gasteiger partial charge in [-0.05, 0) is 28.5 Å². The van der Waals surface area contributed by atoms with E-state index in [9.17, 15) is 4.21 Å². The van der Waals surface area contributed by atoms with Crippen molar-refractivity contribution in [2.75, 3.05) is 6.54 Å². The normalized spacial score (nSPS) is 21.3. The zero-order valence-electron chi connectivity index (χ0n) is 10.5. The predicted octanol–water partition coefficient (Wildman–Crippen LogP) is 3.08. The van der Waals surface area contributed by atoms with Gasteiger partial charge in [0.2, 0.25) is 0 Å². The summed E-state index contributed by atoms with van der Waals surface area (Å²) in [5.74, 6) is 0. The summed E-state index contributed by atoms with van der Waals surface area (Å²) in [7, 11) is -1.06. The van der Waals surface area contributed by atoms with Crippen LogP contribution in [0.15, 0.2) is 60.0 Å². The van der Waals surface area contributed by atoms with Crippen molar-refractivity contribution < 1.29 is 4.21 Å². The van der Waals surface area contributed by atoms with Gasteiger partial charge in [0.25, 0.3) is 0 Å². The Morgan fingerprint density at radius 1 is 1.26 bits per heavy atom. The Kier molecular flexibility index (Phi) is 3.32. The Hall–Kier alpha value is -1.71. The lowest BCUT2D eigenvalue weighted by Crippen LogP contribution is -2.33. The number of nitrogens with one attached hydrogen (secondary N) is 1. The molecule has 0 fully saturated rings. The van der Waals surface area contributed by atoms with Crippen LogP contribution in [0, 0.1) is 0 Å². The van der Waals surface area contributed by atoms with Crippen LogP contribution in [0.3, 0.4) is 0 Å². The van der Waals surface area contributed by atoms with Crippen LogP contribution in [0.5, 0.6) is 0 Å². The van der Waals surface area contributed by atoms with Crippen LogP contribution in [-0.4, -0.2) is 16.1 Å². The molecule has 19 heavy (non-hydrogen) atoms. The van der Waals surface area contributed by atoms with Crippen LogP contribution in [0.1, 0.15) is 5.56 Å². The second kappa shape index (κ2) is 5.11. The number of fused-ring (bicyclic) bond motifs is 2. The molecule has 0 amide bonds. The highest BCUT2D eigenvalue weighted by Crippen LogP contribution is 2.28. The van der Waals surface area contributed by atoms with Gasteiger partial charge in [-0.3, -0.25) is 9.53 Å². The van der Waals surface area contributed by atoms with Crippen molar-refractivity contribution in [1.29, 1.82) is 0 Å². The van der Waals surface area contributed by atoms with Crippen molar-refractivity contribution in [3.63, 3.8) is 0 Å². The zero-order valence-corrected chi connectivity index (χ0v) is 11.3. The maximum Gasteiger partial charge on any atom is 0.107 e. The molecule has 0 saturated carbocycles. The van der Waals surface area contributed by atoms with Crippen molar-refractivity contribution in [3.05, 3.63) is 60.7 Å². The monoisotopic (exact) mass is 269 g/mol. The van der Waals surface area contributed by atoms with Crippen LogP contribution in [0.2, 0.25) is 0 Å². The van der Waals surface area contributed by atoms with Gasteiger partial charge in [-0.2, -0.15) is 0 Å². The van der Waals surface area contributed by atoms with Gasteiger partial charge in [-0.1, -0.05) is 42.5 Å². The number of hydrogen-bond donors (Lipinski definition) is 1. The summed E-state index contributed by atoms with van der Waals surface area (Å²) >= 11 is 0. The number of hydrogen-bond acceptors (Lipinski definition) is 2. The Balaban J connectivity index is 2.05. The lowest BCUT2D eigenvalue weighted by atomic mass is 10.1. The van der Waals surface area contributed by atoms with Crippen LogP contribution in [-0.2, 0) is 10.8 Å². The predicted molar refractivity (Wildman–Crippen MR) is 81.4 cm³/mol. The lowest BCUT2D eigenvalue weighted by molar-refractivity contribution is 0.663. The van der Waals surface area contributed by atoms with Crippen molar-refractivity contribution in [1.82, 2.24) is 5.32 Å². The molecule has 3 heteroatoms. The molecule has 96 valence electrons. The third-order valence-electron chi connectivity index (χ3n) is 3.24. The SMILES string of the molecule is C=CCNC1C=Cc2cc3ccccc3cc2S1=O. The topological polar surface area (TPSA) is 29.1 Å². The molecule has 2 nitrogen and oxygen atoms in total. The second-order valence-corrected chi connectivity index (χ2v) is 6.05. The molecular formula is C16H15NOS. The molecule has 0 aromatic heterocycles. The molecule has 1 N–H and O–H groups in total. The van der Waals surface area contributed by atoms with Gasteiger partial charge in [-0.25, -0.2) is 0 Å². The second-order valence-electron chi connectivity index (χ2n) is 4.51. The minimum absolute atomic E-state index is 0.133. The molecule has 2 aromatic carbocycles. The van der Waals surface area contributed by atoms with Crippen LogP contribution >= 0.6 is 0 Å². The van der Waals surface area contributed by atoms with Gasteiger partial charge >= 0.3 is 0 Å². The van der Waals surface area contributed by atoms with E-state index in [1.807, 2.05) is 30.4 Å². The molecule has 0 bridgehead atoms. The molecule has 3 rings (SSSR count). The first-order valence-corrected chi connectivity index (χ1v) is 7.47. The van der Waals surface area contributed by atoms with E-state index < -0.39 is 10.8 Å². The summed E-state index contributed by atoms with van der Waals surface area (Å²) in [4.78, 5) is 0.905. The molecular weight excluding hydrogens is 254 g/mol. The molecule has 1 aliphatic heterocycles. The van der Waals surface area contributed by atoms with Crippen LogP contribution in [0.4, 0.5) is 0 Å². The fourth-order valence-electron chi connectivity index (χ4n) is 2.28. The first kappa shape index (κ1) is 12.3. The molecule has 2 atom stereocenters. The molecule has 2 aromatic rings. The van der Waals surface area contributed by atoms with Gasteiger partial charge in [-0.15, -0.1) is 6.58 Å². The summed E-state index contributed by atoms with van der Waals surface area (Å²) in [6.07, 6.45) is 5.79. The maximum atomic E-state index is 12.5. The van der Waals surface area contributed by atoms with Gasteiger partial charge in [0, 0.05) is 11.4 Å². The largest absolute Gasteiger partial charge is 0.296 e. The highest BCUT2D eigenvalue weighted by molar-refractivity contribution is 7.86. The highest BCUT2D eigenvalue weighted by atomic mass is 32.2. The Bertz CT molecular complexity index is 690. The van der Waals surface area contributed by atoms with E-state index in [1.165, 1.54) is 5.39 Å². The maximum absolute atomic E-state index is 12.5. The first-order valence-electron chi connectivity index (χ1n) is 6.25. The summed E-state index contributed by atoms with van der Waals surface area (Å²) in [5.41, 5.74) is 1.05. The average molecular weight is 269 g/mol. The van der Waals surface area contributed by atoms with Crippen molar-refractivity contribution >= 4 is 27.6 Å². The fraction of sp³-hybridized carbons (Fsp3) is 0.125. The van der Waals surface area contributed by atoms with Gasteiger partial charge in [0.15, 0.2) is 0 Å². The van der Waals surface area contributed by atoms with Crippen molar-refractivity contribution in [2.45, 2.75) is 10.3 Å². The highest BCUT2D eigenvalue weighted by Gasteiger charge is 2.21. The lowest BCUT2D eigenvalue weighted by Gasteiger charge is -2.20. The summed E-state index contributed by atoms with van der Waals surface area (Å²) < 4.78 is 12.5. The quantitative estimate of drug-likeness (QED) is 0.868. The van der Waals surface area contributed by atoms with E-state index in [1.54, 1.807) is 6.08 Å². The van der Waals surface area contributed by atoms with Gasteiger partial charge in [0.05, 0.1) is 10.8 Å². The number of rotatable bonds is 3. The van der Waals surface area contributed by atoms with E-state index in [-0.39, 0.29) is 5.37 Å². The molecule has 0 spiro atoms. The van der Waals surface area contributed by atoms with Crippen molar-refractivity contribution in [3.8, 4) is 0 Å². The van der Waals surface area contributed by atoms with Crippen LogP contribution < -0.4 is 5.32 Å². The third kappa shape index (κ3) is 2.27. The summed E-state index contributed by atoms with van der Waals surface area (Å²) in [5, 5.41) is 5.38. The minimum atomic E-state index is -1.06. The summed E-state index contributed by atoms with van der Waals surface area (Å²) in [6, 6.07) is 12.3. The van der Waals surface area contributed by atoms with Crippen molar-refractivity contribution in [2.24, 2.45) is 0 Å². The zero-order chi connectivity index (χ0) is 13.2. The van der Waals surface area contributed by atoms with E-state index >= 15 is 0 Å². The molecule has 1 heterocycles. The number of benzene rings is 2. The van der Waals surface area contributed by atoms with E-state index in [4.69, 9.17) is 0 Å². The Labute approximate surface area is 115 Å². The molecule has 0 saturated heterocycles. The third-order valence-corrected chi connectivity index (χ3v) is 4.81. The fourth-order valence-corrected chi connectivity index (χ4v) is 3.63. The molecule has 2 unspecified atom stereocenters. The van der Waals surface area contributed by atoms with Gasteiger partial charge in [0.1, 0.15) is 5.37 Å². The minimum Gasteiger partial charge on any atom is -0.296 e. The average Bonchev–Trinajstić information content (AvgIpc) is 2.45. The van der Waals surface area contributed by atoms with E-state index in [0.717, 1.165) is 15.8 Å². The molecule has 0 aliphatic carbocycles.